The average molecular weight is 140 g/mol. The molecule has 8 heavy (non-hydrogen) atoms. The van der Waals surface area contributed by atoms with Crippen LogP contribution in [0.25, 0.3) is 0 Å². The van der Waals surface area contributed by atoms with Crippen molar-refractivity contribution >= 4 is 12.4 Å². The van der Waals surface area contributed by atoms with Gasteiger partial charge in [-0.3, -0.25) is 0 Å². The molecule has 0 aromatic carbocycles. The van der Waals surface area contributed by atoms with Crippen LogP contribution >= 0.6 is 12.4 Å². The van der Waals surface area contributed by atoms with Gasteiger partial charge < -0.3 is 10.1 Å². The number of nitrogens with one attached hydrogen (secondary N) is 1. The third-order valence-corrected chi connectivity index (χ3v) is 0.894. The molecule has 0 aliphatic carbocycles. The van der Waals surface area contributed by atoms with Gasteiger partial charge >= 0.3 is 0 Å². The fourth-order valence-electron chi connectivity index (χ4n) is 0.371. The molecule has 1 atom stereocenters. The maximum Gasteiger partial charge on any atom is 0.0667 e. The average Bonchev–Trinajstić information content (AvgIpc) is 1.68. The Morgan fingerprint density at radius 2 is 2.12 bits per heavy atom. The number of rotatable bonds is 3. The SMILES string of the molecule is CNC[C@@H](C)OC.Cl. The van der Waals surface area contributed by atoms with Crippen molar-refractivity contribution in [3.63, 3.8) is 0 Å². The molecule has 0 bridgehead atoms. The molecule has 0 amide bonds. The second-order valence-corrected chi connectivity index (χ2v) is 1.60. The summed E-state index contributed by atoms with van der Waals surface area (Å²) in [5.41, 5.74) is 0. The van der Waals surface area contributed by atoms with Gasteiger partial charge in [0, 0.05) is 13.7 Å². The van der Waals surface area contributed by atoms with Gasteiger partial charge in [-0.15, -0.1) is 12.4 Å². The molecule has 0 heterocycles. The molecule has 0 saturated heterocycles. The van der Waals surface area contributed by atoms with E-state index in [9.17, 15) is 0 Å². The second-order valence-electron chi connectivity index (χ2n) is 1.60. The number of hydrogen-bond acceptors (Lipinski definition) is 2. The van der Waals surface area contributed by atoms with Crippen LogP contribution in [-0.4, -0.2) is 26.8 Å². The second kappa shape index (κ2) is 7.21. The van der Waals surface area contributed by atoms with Gasteiger partial charge in [0.2, 0.25) is 0 Å². The third kappa shape index (κ3) is 6.21. The van der Waals surface area contributed by atoms with E-state index in [0.29, 0.717) is 6.10 Å². The van der Waals surface area contributed by atoms with E-state index in [0.717, 1.165) is 6.54 Å². The Bertz CT molecular complexity index is 43.4. The molecule has 0 radical (unpaired) electrons. The van der Waals surface area contributed by atoms with Crippen LogP contribution in [0.4, 0.5) is 0 Å². The van der Waals surface area contributed by atoms with Crippen LogP contribution < -0.4 is 5.32 Å². The molecule has 0 unspecified atom stereocenters. The van der Waals surface area contributed by atoms with Gasteiger partial charge in [-0.2, -0.15) is 0 Å². The van der Waals surface area contributed by atoms with E-state index in [1.165, 1.54) is 0 Å². The predicted molar refractivity (Wildman–Crippen MR) is 37.6 cm³/mol. The first-order valence-corrected chi connectivity index (χ1v) is 2.48. The summed E-state index contributed by atoms with van der Waals surface area (Å²) in [5.74, 6) is 0. The van der Waals surface area contributed by atoms with E-state index in [-0.39, 0.29) is 12.4 Å². The minimum atomic E-state index is 0. The van der Waals surface area contributed by atoms with Crippen LogP contribution in [0.1, 0.15) is 6.92 Å². The van der Waals surface area contributed by atoms with Crippen molar-refractivity contribution in [3.05, 3.63) is 0 Å². The largest absolute Gasteiger partial charge is 0.380 e. The van der Waals surface area contributed by atoms with E-state index in [1.807, 2.05) is 14.0 Å². The summed E-state index contributed by atoms with van der Waals surface area (Å²) >= 11 is 0. The van der Waals surface area contributed by atoms with Crippen LogP contribution in [0.2, 0.25) is 0 Å². The van der Waals surface area contributed by atoms with Gasteiger partial charge in [0.1, 0.15) is 0 Å². The van der Waals surface area contributed by atoms with Crippen molar-refractivity contribution < 1.29 is 4.74 Å². The van der Waals surface area contributed by atoms with E-state index in [1.54, 1.807) is 7.11 Å². The monoisotopic (exact) mass is 139 g/mol. The summed E-state index contributed by atoms with van der Waals surface area (Å²) < 4.78 is 4.93. The highest BCUT2D eigenvalue weighted by Gasteiger charge is 1.92. The molecule has 0 aliphatic rings. The number of methoxy groups -OCH3 is 1. The summed E-state index contributed by atoms with van der Waals surface area (Å²) in [7, 11) is 3.62. The molecule has 0 spiro atoms. The molecule has 0 aromatic heterocycles. The molecule has 2 nitrogen and oxygen atoms in total. The first-order chi connectivity index (χ1) is 3.31. The maximum atomic E-state index is 4.93. The van der Waals surface area contributed by atoms with Gasteiger partial charge in [0.05, 0.1) is 6.10 Å². The van der Waals surface area contributed by atoms with Gasteiger partial charge in [-0.1, -0.05) is 0 Å². The van der Waals surface area contributed by atoms with Crippen molar-refractivity contribution in [3.8, 4) is 0 Å². The summed E-state index contributed by atoms with van der Waals surface area (Å²) in [6.45, 7) is 2.95. The van der Waals surface area contributed by atoms with Crippen molar-refractivity contribution in [2.75, 3.05) is 20.7 Å². The van der Waals surface area contributed by atoms with Crippen molar-refractivity contribution in [1.29, 1.82) is 0 Å². The van der Waals surface area contributed by atoms with Crippen molar-refractivity contribution in [2.45, 2.75) is 13.0 Å². The lowest BCUT2D eigenvalue weighted by atomic mass is 10.4. The Morgan fingerprint density at radius 3 is 2.25 bits per heavy atom. The Labute approximate surface area is 57.0 Å². The molecule has 0 aromatic rings. The zero-order chi connectivity index (χ0) is 5.70. The third-order valence-electron chi connectivity index (χ3n) is 0.894. The lowest BCUT2D eigenvalue weighted by Gasteiger charge is -2.05. The molecule has 0 saturated carbocycles. The normalized spacial score (nSPS) is 12.4. The Balaban J connectivity index is 0. The quantitative estimate of drug-likeness (QED) is 0.621. The lowest BCUT2D eigenvalue weighted by molar-refractivity contribution is 0.119. The molecule has 0 rings (SSSR count). The van der Waals surface area contributed by atoms with Crippen LogP contribution in [0.15, 0.2) is 0 Å². The molecule has 0 fully saturated rings. The van der Waals surface area contributed by atoms with Gasteiger partial charge in [0.25, 0.3) is 0 Å². The van der Waals surface area contributed by atoms with E-state index >= 15 is 0 Å². The van der Waals surface area contributed by atoms with Gasteiger partial charge in [-0.05, 0) is 14.0 Å². The summed E-state index contributed by atoms with van der Waals surface area (Å²) in [4.78, 5) is 0. The van der Waals surface area contributed by atoms with E-state index in [2.05, 4.69) is 5.32 Å². The molecule has 3 heteroatoms. The Morgan fingerprint density at radius 1 is 1.62 bits per heavy atom. The maximum absolute atomic E-state index is 4.93. The number of ether oxygens (including phenoxy) is 1. The highest BCUT2D eigenvalue weighted by Crippen LogP contribution is 1.80. The van der Waals surface area contributed by atoms with Crippen LogP contribution in [0.5, 0.6) is 0 Å². The van der Waals surface area contributed by atoms with Crippen molar-refractivity contribution in [2.24, 2.45) is 0 Å². The zero-order valence-corrected chi connectivity index (χ0v) is 6.42. The summed E-state index contributed by atoms with van der Waals surface area (Å²) in [6, 6.07) is 0. The Hall–Kier alpha value is 0.210. The standard InChI is InChI=1S/C5H13NO.ClH/c1-5(7-3)4-6-2;/h5-6H,4H2,1-3H3;1H/t5-;/m1./s1. The number of hydrogen-bond donors (Lipinski definition) is 1. The summed E-state index contributed by atoms with van der Waals surface area (Å²) in [6.07, 6.45) is 0.338. The van der Waals surface area contributed by atoms with E-state index < -0.39 is 0 Å². The van der Waals surface area contributed by atoms with Crippen LogP contribution in [0.3, 0.4) is 0 Å². The minimum absolute atomic E-state index is 0. The molecular formula is C5H14ClNO. The smallest absolute Gasteiger partial charge is 0.0667 e. The van der Waals surface area contributed by atoms with Crippen molar-refractivity contribution in [1.82, 2.24) is 5.32 Å². The van der Waals surface area contributed by atoms with Crippen LogP contribution in [-0.2, 0) is 4.74 Å². The minimum Gasteiger partial charge on any atom is -0.380 e. The number of halogens is 1. The first-order valence-electron chi connectivity index (χ1n) is 2.48. The molecule has 1 N–H and O–H groups in total. The lowest BCUT2D eigenvalue weighted by Crippen LogP contribution is -2.21. The number of likely N-dealkylation sites (N-methyl/N-ethyl adjacent to an activating group) is 1. The molecular weight excluding hydrogens is 126 g/mol. The fraction of sp³-hybridized carbons (Fsp3) is 1.00. The zero-order valence-electron chi connectivity index (χ0n) is 5.60. The topological polar surface area (TPSA) is 21.3 Å². The predicted octanol–water partition coefficient (Wildman–Crippen LogP) is 0.662. The van der Waals surface area contributed by atoms with Gasteiger partial charge in [0.15, 0.2) is 0 Å². The van der Waals surface area contributed by atoms with Crippen LogP contribution in [0, 0.1) is 0 Å². The molecule has 52 valence electrons. The first kappa shape index (κ1) is 11.1. The highest BCUT2D eigenvalue weighted by molar-refractivity contribution is 5.85. The molecule has 0 aliphatic heterocycles. The summed E-state index contributed by atoms with van der Waals surface area (Å²) in [5, 5.41) is 2.99. The van der Waals surface area contributed by atoms with Gasteiger partial charge in [-0.25, -0.2) is 0 Å². The fourth-order valence-corrected chi connectivity index (χ4v) is 0.371. The Kier molecular flexibility index (Phi) is 9.97. The van der Waals surface area contributed by atoms with E-state index in [4.69, 9.17) is 4.74 Å². The highest BCUT2D eigenvalue weighted by atomic mass is 35.5.